The molecule has 0 fully saturated rings. The van der Waals surface area contributed by atoms with Crippen LogP contribution in [0.25, 0.3) is 6.08 Å². The number of hydrogen-bond acceptors (Lipinski definition) is 4. The molecule has 0 unspecified atom stereocenters. The van der Waals surface area contributed by atoms with E-state index in [1.807, 2.05) is 60.7 Å². The molecule has 0 saturated carbocycles. The van der Waals surface area contributed by atoms with E-state index in [4.69, 9.17) is 14.2 Å². The predicted octanol–water partition coefficient (Wildman–Crippen LogP) is 3.89. The van der Waals surface area contributed by atoms with Crippen LogP contribution in [-0.2, 0) is 16.0 Å². The molecule has 0 atom stereocenters. The summed E-state index contributed by atoms with van der Waals surface area (Å²) in [4.78, 5) is 11.9. The number of hydrogen-bond donors (Lipinski definition) is 0. The molecule has 0 saturated heterocycles. The third-order valence-corrected chi connectivity index (χ3v) is 3.53. The molecule has 0 bridgehead atoms. The van der Waals surface area contributed by atoms with Crippen LogP contribution in [0.2, 0.25) is 0 Å². The zero-order valence-electron chi connectivity index (χ0n) is 14.0. The van der Waals surface area contributed by atoms with Gasteiger partial charge in [-0.3, -0.25) is 4.79 Å². The lowest BCUT2D eigenvalue weighted by atomic mass is 10.1. The highest BCUT2D eigenvalue weighted by Gasteiger charge is 2.11. The molecule has 0 heterocycles. The first-order valence-corrected chi connectivity index (χ1v) is 7.81. The van der Waals surface area contributed by atoms with Gasteiger partial charge in [0.05, 0.1) is 14.2 Å². The Balaban J connectivity index is 1.80. The molecule has 2 rings (SSSR count). The third-order valence-electron chi connectivity index (χ3n) is 3.53. The van der Waals surface area contributed by atoms with Gasteiger partial charge >= 0.3 is 5.97 Å². The minimum Gasteiger partial charge on any atom is -0.493 e. The lowest BCUT2D eigenvalue weighted by molar-refractivity contribution is -0.142. The Hall–Kier alpha value is -2.75. The van der Waals surface area contributed by atoms with Gasteiger partial charge in [0, 0.05) is 6.42 Å². The van der Waals surface area contributed by atoms with Gasteiger partial charge < -0.3 is 14.2 Å². The Morgan fingerprint density at radius 3 is 2.50 bits per heavy atom. The fourth-order valence-corrected chi connectivity index (χ4v) is 2.35. The number of benzene rings is 2. The monoisotopic (exact) mass is 326 g/mol. The van der Waals surface area contributed by atoms with Crippen molar-refractivity contribution in [1.29, 1.82) is 0 Å². The van der Waals surface area contributed by atoms with Gasteiger partial charge in [-0.25, -0.2) is 0 Å². The average Bonchev–Trinajstić information content (AvgIpc) is 2.63. The average molecular weight is 326 g/mol. The summed E-state index contributed by atoms with van der Waals surface area (Å²) in [5, 5.41) is 0. The van der Waals surface area contributed by atoms with Gasteiger partial charge in [0.25, 0.3) is 0 Å². The van der Waals surface area contributed by atoms with E-state index in [0.717, 1.165) is 11.1 Å². The van der Waals surface area contributed by atoms with Gasteiger partial charge in [-0.15, -0.1) is 0 Å². The van der Waals surface area contributed by atoms with E-state index in [2.05, 4.69) is 0 Å². The summed E-state index contributed by atoms with van der Waals surface area (Å²) in [6.07, 6.45) is 4.60. The normalized spacial score (nSPS) is 10.6. The molecular formula is C20H22O4. The van der Waals surface area contributed by atoms with E-state index in [1.54, 1.807) is 14.2 Å². The van der Waals surface area contributed by atoms with Crippen molar-refractivity contribution < 1.29 is 19.0 Å². The number of carbonyl (C=O) groups is 1. The summed E-state index contributed by atoms with van der Waals surface area (Å²) >= 11 is 0. The van der Waals surface area contributed by atoms with Gasteiger partial charge in [0.1, 0.15) is 6.61 Å². The summed E-state index contributed by atoms with van der Waals surface area (Å²) in [7, 11) is 3.18. The Labute approximate surface area is 142 Å². The van der Waals surface area contributed by atoms with Crippen LogP contribution in [0.5, 0.6) is 11.5 Å². The van der Waals surface area contributed by atoms with Crippen LogP contribution in [0.15, 0.2) is 54.6 Å². The maximum atomic E-state index is 11.9. The van der Waals surface area contributed by atoms with Crippen molar-refractivity contribution in [3.63, 3.8) is 0 Å². The van der Waals surface area contributed by atoms with Crippen molar-refractivity contribution in [3.05, 3.63) is 65.7 Å². The van der Waals surface area contributed by atoms with E-state index >= 15 is 0 Å². The summed E-state index contributed by atoms with van der Waals surface area (Å²) in [5.41, 5.74) is 2.00. The van der Waals surface area contributed by atoms with E-state index in [-0.39, 0.29) is 12.6 Å². The number of aryl methyl sites for hydroxylation is 1. The van der Waals surface area contributed by atoms with E-state index < -0.39 is 0 Å². The maximum Gasteiger partial charge on any atom is 0.306 e. The quantitative estimate of drug-likeness (QED) is 0.690. The topological polar surface area (TPSA) is 44.8 Å². The SMILES string of the molecule is COc1cccc(CCC(=O)OC/C=C/c2ccccc2)c1OC. The largest absolute Gasteiger partial charge is 0.493 e. The second-order valence-electron chi connectivity index (χ2n) is 5.15. The highest BCUT2D eigenvalue weighted by molar-refractivity contribution is 5.70. The van der Waals surface area contributed by atoms with Crippen molar-refractivity contribution in [2.75, 3.05) is 20.8 Å². The fourth-order valence-electron chi connectivity index (χ4n) is 2.35. The molecule has 4 nitrogen and oxygen atoms in total. The molecule has 0 spiro atoms. The third kappa shape index (κ3) is 5.16. The smallest absolute Gasteiger partial charge is 0.306 e. The lowest BCUT2D eigenvalue weighted by Gasteiger charge is -2.12. The van der Waals surface area contributed by atoms with Crippen LogP contribution in [0.3, 0.4) is 0 Å². The van der Waals surface area contributed by atoms with Crippen molar-refractivity contribution in [2.24, 2.45) is 0 Å². The van der Waals surface area contributed by atoms with Gasteiger partial charge in [0.2, 0.25) is 0 Å². The first kappa shape index (κ1) is 17.6. The second kappa shape index (κ2) is 9.40. The standard InChI is InChI=1S/C20H22O4/c1-22-18-12-6-11-17(20(18)23-2)13-14-19(21)24-15-7-10-16-8-4-3-5-9-16/h3-12H,13-15H2,1-2H3/b10-7+. The predicted molar refractivity (Wildman–Crippen MR) is 94.3 cm³/mol. The number of methoxy groups -OCH3 is 2. The molecule has 0 aliphatic carbocycles. The lowest BCUT2D eigenvalue weighted by Crippen LogP contribution is -2.06. The number of esters is 1. The van der Waals surface area contributed by atoms with Crippen LogP contribution in [-0.4, -0.2) is 26.8 Å². The van der Waals surface area contributed by atoms with Gasteiger partial charge in [-0.1, -0.05) is 48.5 Å². The van der Waals surface area contributed by atoms with Crippen LogP contribution in [0.1, 0.15) is 17.5 Å². The summed E-state index contributed by atoms with van der Waals surface area (Å²) in [6.45, 7) is 0.267. The number of ether oxygens (including phenoxy) is 3. The zero-order chi connectivity index (χ0) is 17.2. The Morgan fingerprint density at radius 2 is 1.79 bits per heavy atom. The van der Waals surface area contributed by atoms with E-state index in [9.17, 15) is 4.79 Å². The molecule has 0 amide bonds. The van der Waals surface area contributed by atoms with Crippen molar-refractivity contribution in [3.8, 4) is 11.5 Å². The number of rotatable bonds is 8. The molecule has 126 valence electrons. The fraction of sp³-hybridized carbons (Fsp3) is 0.250. The minimum absolute atomic E-state index is 0.238. The number of para-hydroxylation sites is 1. The molecule has 2 aromatic rings. The van der Waals surface area contributed by atoms with Crippen LogP contribution >= 0.6 is 0 Å². The van der Waals surface area contributed by atoms with Crippen molar-refractivity contribution >= 4 is 12.0 Å². The molecule has 0 aliphatic rings. The Kier molecular flexibility index (Phi) is 6.90. The summed E-state index contributed by atoms with van der Waals surface area (Å²) < 4.78 is 15.8. The summed E-state index contributed by atoms with van der Waals surface area (Å²) in [5.74, 6) is 1.09. The van der Waals surface area contributed by atoms with Gasteiger partial charge in [-0.05, 0) is 29.7 Å². The molecule has 4 heteroatoms. The first-order valence-electron chi connectivity index (χ1n) is 7.81. The van der Waals surface area contributed by atoms with E-state index in [0.29, 0.717) is 24.3 Å². The number of carbonyl (C=O) groups excluding carboxylic acids is 1. The molecule has 0 aliphatic heterocycles. The first-order chi connectivity index (χ1) is 11.7. The minimum atomic E-state index is -0.238. The molecule has 2 aromatic carbocycles. The molecule has 24 heavy (non-hydrogen) atoms. The van der Waals surface area contributed by atoms with E-state index in [1.165, 1.54) is 0 Å². The molecule has 0 N–H and O–H groups in total. The molecule has 0 radical (unpaired) electrons. The molecule has 0 aromatic heterocycles. The zero-order valence-corrected chi connectivity index (χ0v) is 14.0. The molecular weight excluding hydrogens is 304 g/mol. The van der Waals surface area contributed by atoms with Crippen molar-refractivity contribution in [1.82, 2.24) is 0 Å². The van der Waals surface area contributed by atoms with Crippen LogP contribution in [0, 0.1) is 0 Å². The van der Waals surface area contributed by atoms with Gasteiger partial charge in [-0.2, -0.15) is 0 Å². The van der Waals surface area contributed by atoms with Gasteiger partial charge in [0.15, 0.2) is 11.5 Å². The second-order valence-corrected chi connectivity index (χ2v) is 5.15. The Bertz CT molecular complexity index is 677. The van der Waals surface area contributed by atoms with Crippen LogP contribution in [0.4, 0.5) is 0 Å². The highest BCUT2D eigenvalue weighted by atomic mass is 16.5. The highest BCUT2D eigenvalue weighted by Crippen LogP contribution is 2.31. The van der Waals surface area contributed by atoms with Crippen LogP contribution < -0.4 is 9.47 Å². The summed E-state index contributed by atoms with van der Waals surface area (Å²) in [6, 6.07) is 15.5. The van der Waals surface area contributed by atoms with Crippen molar-refractivity contribution in [2.45, 2.75) is 12.8 Å². The maximum absolute atomic E-state index is 11.9. The Morgan fingerprint density at radius 1 is 1.00 bits per heavy atom.